The smallest absolute Gasteiger partial charge is 0.305 e. The molecule has 3 heteroatoms. The van der Waals surface area contributed by atoms with Gasteiger partial charge in [0.15, 0.2) is 0 Å². The van der Waals surface area contributed by atoms with E-state index >= 15 is 0 Å². The Kier molecular flexibility index (Phi) is 3.76. The monoisotopic (exact) mass is 428 g/mol. The molecule has 1 saturated heterocycles. The van der Waals surface area contributed by atoms with Crippen LogP contribution in [0.25, 0.3) is 0 Å². The average molecular weight is 429 g/mol. The molecular weight excluding hydrogens is 384 g/mol. The van der Waals surface area contributed by atoms with Gasteiger partial charge < -0.3 is 9.47 Å². The first-order chi connectivity index (χ1) is 14.4. The fourth-order valence-corrected chi connectivity index (χ4v) is 11.9. The zero-order valence-corrected chi connectivity index (χ0v) is 21.0. The number of ether oxygens (including phenoxy) is 2. The lowest BCUT2D eigenvalue weighted by Crippen LogP contribution is -2.58. The van der Waals surface area contributed by atoms with Crippen LogP contribution < -0.4 is 0 Å². The quantitative estimate of drug-likeness (QED) is 0.378. The Morgan fingerprint density at radius 1 is 1.00 bits per heavy atom. The Hall–Kier alpha value is -0.570. The fraction of sp³-hybridized carbons (Fsp3) is 0.964. The Morgan fingerprint density at radius 3 is 2.45 bits per heavy atom. The molecule has 0 radical (unpaired) electrons. The molecule has 9 atom stereocenters. The highest BCUT2D eigenvalue weighted by Crippen LogP contribution is 2.97. The lowest BCUT2D eigenvalue weighted by Gasteiger charge is -2.57. The van der Waals surface area contributed by atoms with Gasteiger partial charge in [-0.05, 0) is 85.4 Å². The van der Waals surface area contributed by atoms with Gasteiger partial charge in [-0.15, -0.1) is 0 Å². The Bertz CT molecular complexity index is 849. The van der Waals surface area contributed by atoms with Crippen molar-refractivity contribution in [3.63, 3.8) is 0 Å². The van der Waals surface area contributed by atoms with Gasteiger partial charge in [0.1, 0.15) is 11.2 Å². The Labute approximate surface area is 189 Å². The van der Waals surface area contributed by atoms with Crippen molar-refractivity contribution in [1.82, 2.24) is 0 Å². The first-order valence-electron chi connectivity index (χ1n) is 13.2. The minimum absolute atomic E-state index is 0.0572. The minimum Gasteiger partial charge on any atom is -0.469 e. The maximum Gasteiger partial charge on any atom is 0.305 e. The van der Waals surface area contributed by atoms with Crippen molar-refractivity contribution in [1.29, 1.82) is 0 Å². The summed E-state index contributed by atoms with van der Waals surface area (Å²) in [6.07, 6.45) is 12.4. The van der Waals surface area contributed by atoms with Crippen LogP contribution >= 0.6 is 0 Å². The topological polar surface area (TPSA) is 38.8 Å². The number of epoxide rings is 1. The van der Waals surface area contributed by atoms with Crippen LogP contribution in [0.1, 0.15) is 106 Å². The number of esters is 1. The lowest BCUT2D eigenvalue weighted by atomic mass is 9.44. The summed E-state index contributed by atoms with van der Waals surface area (Å²) in [6, 6.07) is 0. The second-order valence-corrected chi connectivity index (χ2v) is 13.9. The Balaban J connectivity index is 1.39. The highest BCUT2D eigenvalue weighted by molar-refractivity contribution is 5.69. The van der Waals surface area contributed by atoms with Crippen molar-refractivity contribution in [3.8, 4) is 0 Å². The summed E-state index contributed by atoms with van der Waals surface area (Å²) in [4.78, 5) is 12.2. The molecule has 0 N–H and O–H groups in total. The first-order valence-corrected chi connectivity index (χ1v) is 13.2. The van der Waals surface area contributed by atoms with Crippen molar-refractivity contribution in [2.24, 2.45) is 44.8 Å². The van der Waals surface area contributed by atoms with Crippen LogP contribution in [0.5, 0.6) is 0 Å². The zero-order valence-electron chi connectivity index (χ0n) is 21.0. The number of rotatable bonds is 3. The maximum absolute atomic E-state index is 12.2. The molecule has 1 heterocycles. The molecule has 0 aromatic heterocycles. The third-order valence-electron chi connectivity index (χ3n) is 13.7. The average Bonchev–Trinajstić information content (AvgIpc) is 3.51. The van der Waals surface area contributed by atoms with E-state index in [1.165, 1.54) is 64.9 Å². The molecule has 6 aliphatic rings. The number of methoxy groups -OCH3 is 1. The highest BCUT2D eigenvalue weighted by atomic mass is 16.6. The highest BCUT2D eigenvalue weighted by Gasteiger charge is 2.99. The van der Waals surface area contributed by atoms with Crippen LogP contribution in [0, 0.1) is 44.8 Å². The van der Waals surface area contributed by atoms with E-state index in [1.54, 1.807) is 0 Å². The molecule has 6 fully saturated rings. The summed E-state index contributed by atoms with van der Waals surface area (Å²) >= 11 is 0. The van der Waals surface area contributed by atoms with Crippen LogP contribution in [0.4, 0.5) is 0 Å². The Morgan fingerprint density at radius 2 is 1.74 bits per heavy atom. The van der Waals surface area contributed by atoms with Gasteiger partial charge in [0.05, 0.1) is 7.11 Å². The van der Waals surface area contributed by atoms with Gasteiger partial charge in [0.25, 0.3) is 0 Å². The largest absolute Gasteiger partial charge is 0.469 e. The van der Waals surface area contributed by atoms with Crippen molar-refractivity contribution in [2.75, 3.05) is 7.11 Å². The molecule has 0 bridgehead atoms. The van der Waals surface area contributed by atoms with Gasteiger partial charge in [-0.25, -0.2) is 0 Å². The number of hydrogen-bond donors (Lipinski definition) is 0. The molecule has 5 saturated carbocycles. The van der Waals surface area contributed by atoms with E-state index < -0.39 is 0 Å². The molecule has 0 aromatic carbocycles. The molecule has 1 aliphatic heterocycles. The molecule has 0 amide bonds. The number of hydrogen-bond acceptors (Lipinski definition) is 3. The number of carbonyl (C=O) groups is 1. The molecule has 7 unspecified atom stereocenters. The van der Waals surface area contributed by atoms with E-state index in [2.05, 4.69) is 41.5 Å². The van der Waals surface area contributed by atoms with Crippen LogP contribution in [-0.2, 0) is 14.3 Å². The molecule has 6 rings (SSSR count). The van der Waals surface area contributed by atoms with Crippen molar-refractivity contribution in [3.05, 3.63) is 0 Å². The summed E-state index contributed by atoms with van der Waals surface area (Å²) in [5, 5.41) is 0. The second-order valence-electron chi connectivity index (χ2n) is 13.9. The van der Waals surface area contributed by atoms with Gasteiger partial charge in [0, 0.05) is 17.3 Å². The van der Waals surface area contributed by atoms with Gasteiger partial charge in [0.2, 0.25) is 0 Å². The maximum atomic E-state index is 12.2. The van der Waals surface area contributed by atoms with Gasteiger partial charge >= 0.3 is 5.97 Å². The summed E-state index contributed by atoms with van der Waals surface area (Å²) in [5.41, 5.74) is 1.94. The molecule has 31 heavy (non-hydrogen) atoms. The zero-order chi connectivity index (χ0) is 22.3. The number of carbonyl (C=O) groups excluding carboxylic acids is 1. The summed E-state index contributed by atoms with van der Waals surface area (Å²) in [7, 11) is 1.52. The van der Waals surface area contributed by atoms with E-state index in [0.717, 1.165) is 11.8 Å². The molecular formula is C28H44O3. The summed E-state index contributed by atoms with van der Waals surface area (Å²) < 4.78 is 12.3. The van der Waals surface area contributed by atoms with Crippen LogP contribution in [-0.4, -0.2) is 24.3 Å². The van der Waals surface area contributed by atoms with E-state index in [0.29, 0.717) is 28.6 Å². The van der Waals surface area contributed by atoms with Crippen LogP contribution in [0.2, 0.25) is 0 Å². The van der Waals surface area contributed by atoms with Crippen molar-refractivity contribution < 1.29 is 14.3 Å². The normalized spacial score (nSPS) is 58.7. The third kappa shape index (κ3) is 1.82. The van der Waals surface area contributed by atoms with E-state index in [1.807, 2.05) is 0 Å². The lowest BCUT2D eigenvalue weighted by molar-refractivity contribution is -0.144. The molecule has 0 aromatic rings. The van der Waals surface area contributed by atoms with Gasteiger partial charge in [-0.3, -0.25) is 4.79 Å². The minimum atomic E-state index is -0.0586. The first kappa shape index (κ1) is 21.0. The van der Waals surface area contributed by atoms with E-state index in [9.17, 15) is 4.79 Å². The molecule has 5 aliphatic carbocycles. The molecule has 174 valence electrons. The van der Waals surface area contributed by atoms with Crippen molar-refractivity contribution >= 4 is 5.97 Å². The van der Waals surface area contributed by atoms with Crippen molar-refractivity contribution in [2.45, 2.75) is 117 Å². The van der Waals surface area contributed by atoms with Gasteiger partial charge in [-0.1, -0.05) is 48.0 Å². The van der Waals surface area contributed by atoms with Crippen LogP contribution in [0.15, 0.2) is 0 Å². The van der Waals surface area contributed by atoms with E-state index in [4.69, 9.17) is 9.47 Å². The second kappa shape index (κ2) is 5.56. The van der Waals surface area contributed by atoms with E-state index in [-0.39, 0.29) is 28.0 Å². The fourth-order valence-electron chi connectivity index (χ4n) is 11.9. The summed E-state index contributed by atoms with van der Waals surface area (Å²) in [6.45, 7) is 15.0. The van der Waals surface area contributed by atoms with Gasteiger partial charge in [-0.2, -0.15) is 0 Å². The SMILES string of the molecule is COC(=O)C[C@@H](C)C1(C)CCC23OC24CCC2C(C)(C)CCCC25[C@@H](C)C54CCC13C. The third-order valence-corrected chi connectivity index (χ3v) is 13.7. The van der Waals surface area contributed by atoms with Crippen LogP contribution in [0.3, 0.4) is 0 Å². The summed E-state index contributed by atoms with van der Waals surface area (Å²) in [5.74, 6) is 1.97. The molecule has 3 nitrogen and oxygen atoms in total. The predicted octanol–water partition coefficient (Wildman–Crippen LogP) is 6.54. The molecule has 4 spiro atoms. The predicted molar refractivity (Wildman–Crippen MR) is 121 cm³/mol. The standard InChI is InChI=1S/C28H44O3/c1-18(17-21(29)30-7)23(5)13-16-27-24(23,6)14-15-26-19(2)25(26)11-8-10-22(3,4)20(25)9-12-28(26,27)31-27/h18-20H,8-17H2,1-7H3/t18-,19-,20?,23?,24?,25?,26?,27?,28?/m1/s1.